The predicted octanol–water partition coefficient (Wildman–Crippen LogP) is 0.575. The molecule has 2 rings (SSSR count). The average molecular weight is 267 g/mol. The normalized spacial score (nSPS) is 28.5. The van der Waals surface area contributed by atoms with Crippen LogP contribution < -0.4 is 5.32 Å². The summed E-state index contributed by atoms with van der Waals surface area (Å²) < 4.78 is 0. The molecule has 0 bridgehead atoms. The van der Waals surface area contributed by atoms with Gasteiger partial charge in [0.1, 0.15) is 5.41 Å². The minimum absolute atomic E-state index is 0.187. The largest absolute Gasteiger partial charge is 0.330 e. The van der Waals surface area contributed by atoms with Crippen molar-refractivity contribution in [3.8, 4) is 0 Å². The SMILES string of the molecule is CN1CCCCC1CN1C(=O)NC(=O)C(C)(C)C1=O. The molecule has 2 aliphatic heterocycles. The first-order valence-corrected chi connectivity index (χ1v) is 6.71. The van der Waals surface area contributed by atoms with Gasteiger partial charge in [-0.05, 0) is 40.3 Å². The summed E-state index contributed by atoms with van der Waals surface area (Å²) >= 11 is 0. The van der Waals surface area contributed by atoms with Gasteiger partial charge in [0.25, 0.3) is 0 Å². The summed E-state index contributed by atoms with van der Waals surface area (Å²) in [6.45, 7) is 4.44. The fourth-order valence-electron chi connectivity index (χ4n) is 2.60. The van der Waals surface area contributed by atoms with E-state index < -0.39 is 23.3 Å². The Hall–Kier alpha value is -1.43. The third-order valence-corrected chi connectivity index (χ3v) is 4.13. The fraction of sp³-hybridized carbons (Fsp3) is 0.769. The number of rotatable bonds is 2. The zero-order valence-electron chi connectivity index (χ0n) is 11.7. The van der Waals surface area contributed by atoms with E-state index in [0.29, 0.717) is 6.54 Å². The molecule has 0 aromatic rings. The van der Waals surface area contributed by atoms with Crippen molar-refractivity contribution in [3.63, 3.8) is 0 Å². The standard InChI is InChI=1S/C13H21N3O3/c1-13(2)10(17)14-12(19)16(11(13)18)8-9-6-4-5-7-15(9)3/h9H,4-8H2,1-3H3,(H,14,17,19). The van der Waals surface area contributed by atoms with Gasteiger partial charge in [0.15, 0.2) is 0 Å². The lowest BCUT2D eigenvalue weighted by atomic mass is 9.88. The van der Waals surface area contributed by atoms with Crippen LogP contribution in [-0.2, 0) is 9.59 Å². The molecular formula is C13H21N3O3. The van der Waals surface area contributed by atoms with Gasteiger partial charge in [-0.2, -0.15) is 0 Å². The molecule has 0 saturated carbocycles. The molecule has 1 N–H and O–H groups in total. The Morgan fingerprint density at radius 2 is 1.95 bits per heavy atom. The van der Waals surface area contributed by atoms with Gasteiger partial charge in [0.05, 0.1) is 0 Å². The van der Waals surface area contributed by atoms with E-state index >= 15 is 0 Å². The van der Waals surface area contributed by atoms with E-state index in [4.69, 9.17) is 0 Å². The highest BCUT2D eigenvalue weighted by atomic mass is 16.2. The minimum Gasteiger partial charge on any atom is -0.302 e. The molecule has 2 fully saturated rings. The molecule has 1 unspecified atom stereocenters. The van der Waals surface area contributed by atoms with E-state index in [-0.39, 0.29) is 6.04 Å². The number of carbonyl (C=O) groups is 3. The van der Waals surface area contributed by atoms with Gasteiger partial charge in [-0.15, -0.1) is 0 Å². The highest BCUT2D eigenvalue weighted by Crippen LogP contribution is 2.25. The lowest BCUT2D eigenvalue weighted by Crippen LogP contribution is -2.64. The molecule has 0 aromatic carbocycles. The van der Waals surface area contributed by atoms with Gasteiger partial charge in [-0.1, -0.05) is 6.42 Å². The third kappa shape index (κ3) is 2.49. The second-order valence-corrected chi connectivity index (χ2v) is 5.93. The number of nitrogens with zero attached hydrogens (tertiary/aromatic N) is 2. The Bertz CT molecular complexity index is 419. The van der Waals surface area contributed by atoms with Crippen molar-refractivity contribution in [2.75, 3.05) is 20.1 Å². The molecule has 19 heavy (non-hydrogen) atoms. The Labute approximate surface area is 113 Å². The van der Waals surface area contributed by atoms with Crippen molar-refractivity contribution in [3.05, 3.63) is 0 Å². The van der Waals surface area contributed by atoms with E-state index in [9.17, 15) is 14.4 Å². The molecule has 6 heteroatoms. The lowest BCUT2D eigenvalue weighted by molar-refractivity contribution is -0.149. The second-order valence-electron chi connectivity index (χ2n) is 5.93. The molecule has 2 heterocycles. The van der Waals surface area contributed by atoms with Crippen LogP contribution in [0.1, 0.15) is 33.1 Å². The third-order valence-electron chi connectivity index (χ3n) is 4.13. The molecule has 1 atom stereocenters. The number of piperidine rings is 1. The Morgan fingerprint density at radius 1 is 1.26 bits per heavy atom. The summed E-state index contributed by atoms with van der Waals surface area (Å²) in [5, 5.41) is 2.26. The van der Waals surface area contributed by atoms with Crippen LogP contribution in [0.2, 0.25) is 0 Å². The van der Waals surface area contributed by atoms with Gasteiger partial charge >= 0.3 is 6.03 Å². The van der Waals surface area contributed by atoms with Crippen LogP contribution in [0.15, 0.2) is 0 Å². The maximum atomic E-state index is 12.3. The van der Waals surface area contributed by atoms with Crippen molar-refractivity contribution in [2.24, 2.45) is 5.41 Å². The van der Waals surface area contributed by atoms with E-state index in [0.717, 1.165) is 25.8 Å². The maximum Gasteiger partial charge on any atom is 0.330 e. The summed E-state index contributed by atoms with van der Waals surface area (Å²) in [6.07, 6.45) is 3.24. The zero-order chi connectivity index (χ0) is 14.2. The number of hydrogen-bond acceptors (Lipinski definition) is 4. The number of carbonyl (C=O) groups excluding carboxylic acids is 3. The molecule has 6 nitrogen and oxygen atoms in total. The van der Waals surface area contributed by atoms with Crippen LogP contribution in [0.5, 0.6) is 0 Å². The van der Waals surface area contributed by atoms with Crippen molar-refractivity contribution in [2.45, 2.75) is 39.2 Å². The first kappa shape index (κ1) is 14.0. The second kappa shape index (κ2) is 4.92. The summed E-state index contributed by atoms with van der Waals surface area (Å²) in [5.74, 6) is -0.920. The highest BCUT2D eigenvalue weighted by Gasteiger charge is 2.47. The molecule has 2 saturated heterocycles. The number of amides is 4. The van der Waals surface area contributed by atoms with Gasteiger partial charge in [-0.3, -0.25) is 19.8 Å². The topological polar surface area (TPSA) is 69.7 Å². The summed E-state index contributed by atoms with van der Waals surface area (Å²) in [7, 11) is 2.01. The van der Waals surface area contributed by atoms with Crippen LogP contribution in [0.25, 0.3) is 0 Å². The van der Waals surface area contributed by atoms with Crippen molar-refractivity contribution >= 4 is 17.8 Å². The number of hydrogen-bond donors (Lipinski definition) is 1. The van der Waals surface area contributed by atoms with E-state index in [1.807, 2.05) is 7.05 Å². The Kier molecular flexibility index (Phi) is 3.62. The molecule has 0 aromatic heterocycles. The lowest BCUT2D eigenvalue weighted by Gasteiger charge is -2.39. The van der Waals surface area contributed by atoms with Crippen LogP contribution in [0.3, 0.4) is 0 Å². The molecule has 0 aliphatic carbocycles. The van der Waals surface area contributed by atoms with Crippen LogP contribution in [-0.4, -0.2) is 53.8 Å². The first-order chi connectivity index (χ1) is 8.84. The maximum absolute atomic E-state index is 12.3. The smallest absolute Gasteiger partial charge is 0.302 e. The van der Waals surface area contributed by atoms with Crippen LogP contribution in [0, 0.1) is 5.41 Å². The highest BCUT2D eigenvalue weighted by molar-refractivity contribution is 6.18. The first-order valence-electron chi connectivity index (χ1n) is 6.71. The van der Waals surface area contributed by atoms with Gasteiger partial charge in [0.2, 0.25) is 11.8 Å². The number of urea groups is 1. The number of likely N-dealkylation sites (tertiary alicyclic amines) is 1. The molecule has 2 aliphatic rings. The van der Waals surface area contributed by atoms with E-state index in [2.05, 4.69) is 10.2 Å². The van der Waals surface area contributed by atoms with Gasteiger partial charge in [-0.25, -0.2) is 4.79 Å². The van der Waals surface area contributed by atoms with E-state index in [1.54, 1.807) is 13.8 Å². The molecule has 0 spiro atoms. The van der Waals surface area contributed by atoms with Gasteiger partial charge < -0.3 is 4.90 Å². The molecule has 0 radical (unpaired) electrons. The average Bonchev–Trinajstić information content (AvgIpc) is 2.35. The Morgan fingerprint density at radius 3 is 2.58 bits per heavy atom. The van der Waals surface area contributed by atoms with E-state index in [1.165, 1.54) is 4.90 Å². The summed E-state index contributed by atoms with van der Waals surface area (Å²) in [4.78, 5) is 39.1. The van der Waals surface area contributed by atoms with Crippen LogP contribution in [0.4, 0.5) is 4.79 Å². The molecule has 106 valence electrons. The molecular weight excluding hydrogens is 246 g/mol. The number of likely N-dealkylation sites (N-methyl/N-ethyl adjacent to an activating group) is 1. The monoisotopic (exact) mass is 267 g/mol. The predicted molar refractivity (Wildman–Crippen MR) is 69.3 cm³/mol. The molecule has 4 amide bonds. The number of imide groups is 2. The number of nitrogens with one attached hydrogen (secondary N) is 1. The van der Waals surface area contributed by atoms with Crippen molar-refractivity contribution < 1.29 is 14.4 Å². The summed E-state index contributed by atoms with van der Waals surface area (Å²) in [5.41, 5.74) is -1.17. The van der Waals surface area contributed by atoms with Crippen molar-refractivity contribution in [1.29, 1.82) is 0 Å². The zero-order valence-corrected chi connectivity index (χ0v) is 11.7. The Balaban J connectivity index is 2.12. The minimum atomic E-state index is -1.17. The van der Waals surface area contributed by atoms with Gasteiger partial charge in [0, 0.05) is 12.6 Å². The van der Waals surface area contributed by atoms with Crippen molar-refractivity contribution in [1.82, 2.24) is 15.1 Å². The van der Waals surface area contributed by atoms with Crippen LogP contribution >= 0.6 is 0 Å². The fourth-order valence-corrected chi connectivity index (χ4v) is 2.60. The quantitative estimate of drug-likeness (QED) is 0.743. The number of barbiturate groups is 1. The summed E-state index contributed by atoms with van der Waals surface area (Å²) in [6, 6.07) is -0.402.